The van der Waals surface area contributed by atoms with Gasteiger partial charge >= 0.3 is 5.97 Å². The molecule has 1 aromatic rings. The van der Waals surface area contributed by atoms with E-state index in [1.807, 2.05) is 0 Å². The average molecular weight is 226 g/mol. The minimum atomic E-state index is -2.83. The van der Waals surface area contributed by atoms with Gasteiger partial charge in [-0.05, 0) is 13.0 Å². The van der Waals surface area contributed by atoms with Crippen LogP contribution in [0, 0.1) is 11.3 Å². The highest BCUT2D eigenvalue weighted by Gasteiger charge is 2.17. The second-order valence-electron chi connectivity index (χ2n) is 2.79. The minimum Gasteiger partial charge on any atom is -0.461 e. The molecule has 6 heteroatoms. The normalized spacial score (nSPS) is 9.94. The van der Waals surface area contributed by atoms with Gasteiger partial charge in [0.2, 0.25) is 0 Å². The maximum absolute atomic E-state index is 12.5. The number of hydrogen-bond donors (Lipinski definition) is 0. The Hall–Kier alpha value is -2.03. The van der Waals surface area contributed by atoms with E-state index in [-0.39, 0.29) is 17.9 Å². The van der Waals surface area contributed by atoms with E-state index in [0.29, 0.717) is 0 Å². The molecule has 0 aliphatic rings. The molecule has 1 aromatic heterocycles. The van der Waals surface area contributed by atoms with E-state index in [1.165, 1.54) is 0 Å². The van der Waals surface area contributed by atoms with Crippen LogP contribution in [0.15, 0.2) is 12.3 Å². The second-order valence-corrected chi connectivity index (χ2v) is 2.79. The monoisotopic (exact) mass is 226 g/mol. The molecule has 0 radical (unpaired) electrons. The van der Waals surface area contributed by atoms with Crippen molar-refractivity contribution in [1.29, 1.82) is 5.26 Å². The molecule has 0 saturated carbocycles. The zero-order valence-electron chi connectivity index (χ0n) is 8.41. The molecule has 0 spiro atoms. The Balaban J connectivity index is 3.13. The molecule has 0 amide bonds. The summed E-state index contributed by atoms with van der Waals surface area (Å²) in [5.74, 6) is -0.783. The zero-order valence-corrected chi connectivity index (χ0v) is 8.41. The summed E-state index contributed by atoms with van der Waals surface area (Å²) in [5, 5.41) is 8.56. The van der Waals surface area contributed by atoms with E-state index < -0.39 is 18.0 Å². The lowest BCUT2D eigenvalue weighted by molar-refractivity contribution is 0.0519. The van der Waals surface area contributed by atoms with E-state index in [0.717, 1.165) is 12.3 Å². The van der Waals surface area contributed by atoms with Crippen molar-refractivity contribution in [2.24, 2.45) is 0 Å². The van der Waals surface area contributed by atoms with E-state index in [2.05, 4.69) is 9.72 Å². The minimum absolute atomic E-state index is 0.129. The summed E-state index contributed by atoms with van der Waals surface area (Å²) < 4.78 is 29.6. The molecular formula is C10H8F2N2O2. The van der Waals surface area contributed by atoms with Crippen LogP contribution < -0.4 is 0 Å². The van der Waals surface area contributed by atoms with E-state index >= 15 is 0 Å². The van der Waals surface area contributed by atoms with Gasteiger partial charge in [0.25, 0.3) is 6.43 Å². The van der Waals surface area contributed by atoms with Gasteiger partial charge in [-0.1, -0.05) is 0 Å². The molecule has 4 nitrogen and oxygen atoms in total. The number of carbonyl (C=O) groups is 1. The number of aromatic nitrogens is 1. The molecule has 0 aromatic carbocycles. The first-order valence-electron chi connectivity index (χ1n) is 4.45. The molecular weight excluding hydrogens is 218 g/mol. The molecule has 16 heavy (non-hydrogen) atoms. The molecule has 0 aliphatic carbocycles. The summed E-state index contributed by atoms with van der Waals surface area (Å²) in [6.07, 6.45) is -1.89. The number of hydrogen-bond acceptors (Lipinski definition) is 4. The number of rotatable bonds is 3. The van der Waals surface area contributed by atoms with Crippen molar-refractivity contribution >= 4 is 5.97 Å². The average Bonchev–Trinajstić information content (AvgIpc) is 2.28. The number of esters is 1. The lowest BCUT2D eigenvalue weighted by Gasteiger charge is -2.05. The number of pyridine rings is 1. The largest absolute Gasteiger partial charge is 0.461 e. The van der Waals surface area contributed by atoms with Crippen molar-refractivity contribution < 1.29 is 18.3 Å². The lowest BCUT2D eigenvalue weighted by Crippen LogP contribution is -2.08. The standard InChI is InChI=1S/C10H8F2N2O2/c1-2-16-10(15)8-3-7(9(11)12)6(4-13)5-14-8/h3,5,9H,2H2,1H3. The molecule has 1 heterocycles. The fourth-order valence-corrected chi connectivity index (χ4v) is 1.06. The highest BCUT2D eigenvalue weighted by molar-refractivity contribution is 5.87. The van der Waals surface area contributed by atoms with Gasteiger partial charge in [-0.3, -0.25) is 0 Å². The van der Waals surface area contributed by atoms with Gasteiger partial charge in [-0.15, -0.1) is 0 Å². The topological polar surface area (TPSA) is 63.0 Å². The molecule has 0 unspecified atom stereocenters. The molecule has 0 fully saturated rings. The Morgan fingerprint density at radius 1 is 1.69 bits per heavy atom. The summed E-state index contributed by atoms with van der Waals surface area (Å²) in [6.45, 7) is 1.72. The van der Waals surface area contributed by atoms with Crippen molar-refractivity contribution in [2.75, 3.05) is 6.61 Å². The molecule has 0 aliphatic heterocycles. The van der Waals surface area contributed by atoms with Crippen LogP contribution in [-0.2, 0) is 4.74 Å². The van der Waals surface area contributed by atoms with E-state index in [1.54, 1.807) is 13.0 Å². The molecule has 0 N–H and O–H groups in total. The molecule has 0 bridgehead atoms. The first-order valence-corrected chi connectivity index (χ1v) is 4.45. The number of nitrogens with zero attached hydrogens (tertiary/aromatic N) is 2. The fraction of sp³-hybridized carbons (Fsp3) is 0.300. The van der Waals surface area contributed by atoms with Crippen LogP contribution in [0.5, 0.6) is 0 Å². The number of ether oxygens (including phenoxy) is 1. The molecule has 0 saturated heterocycles. The van der Waals surface area contributed by atoms with Gasteiger partial charge in [0.1, 0.15) is 11.8 Å². The smallest absolute Gasteiger partial charge is 0.356 e. The molecule has 1 rings (SSSR count). The summed E-state index contributed by atoms with van der Waals surface area (Å²) in [6, 6.07) is 2.46. The Morgan fingerprint density at radius 3 is 2.88 bits per heavy atom. The third-order valence-corrected chi connectivity index (χ3v) is 1.78. The van der Waals surface area contributed by atoms with Crippen LogP contribution >= 0.6 is 0 Å². The SMILES string of the molecule is CCOC(=O)c1cc(C(F)F)c(C#N)cn1. The highest BCUT2D eigenvalue weighted by atomic mass is 19.3. The summed E-state index contributed by atoms with van der Waals surface area (Å²) in [4.78, 5) is 14.8. The van der Waals surface area contributed by atoms with Crippen LogP contribution in [0.25, 0.3) is 0 Å². The van der Waals surface area contributed by atoms with Crippen LogP contribution in [-0.4, -0.2) is 17.6 Å². The van der Waals surface area contributed by atoms with E-state index in [4.69, 9.17) is 5.26 Å². The number of alkyl halides is 2. The first kappa shape index (κ1) is 12.0. The van der Waals surface area contributed by atoms with Crippen molar-refractivity contribution in [3.05, 3.63) is 29.1 Å². The van der Waals surface area contributed by atoms with Crippen molar-refractivity contribution in [2.45, 2.75) is 13.3 Å². The van der Waals surface area contributed by atoms with Gasteiger partial charge in [0.05, 0.1) is 12.2 Å². The first-order chi connectivity index (χ1) is 7.60. The number of halogens is 2. The van der Waals surface area contributed by atoms with Gasteiger partial charge < -0.3 is 4.74 Å². The summed E-state index contributed by atoms with van der Waals surface area (Å²) >= 11 is 0. The van der Waals surface area contributed by atoms with Gasteiger partial charge in [-0.25, -0.2) is 18.6 Å². The van der Waals surface area contributed by atoms with Crippen LogP contribution in [0.4, 0.5) is 8.78 Å². The molecule has 84 valence electrons. The quantitative estimate of drug-likeness (QED) is 0.740. The number of carbonyl (C=O) groups excluding carboxylic acids is 1. The Bertz CT molecular complexity index is 441. The zero-order chi connectivity index (χ0) is 12.1. The third kappa shape index (κ3) is 2.51. The molecule has 0 atom stereocenters. The third-order valence-electron chi connectivity index (χ3n) is 1.78. The Labute approximate surface area is 90.5 Å². The Morgan fingerprint density at radius 2 is 2.38 bits per heavy atom. The van der Waals surface area contributed by atoms with Crippen molar-refractivity contribution in [3.63, 3.8) is 0 Å². The Kier molecular flexibility index (Phi) is 3.89. The predicted molar refractivity (Wildman–Crippen MR) is 49.9 cm³/mol. The van der Waals surface area contributed by atoms with Crippen molar-refractivity contribution in [1.82, 2.24) is 4.98 Å². The maximum atomic E-state index is 12.5. The second kappa shape index (κ2) is 5.16. The fourth-order valence-electron chi connectivity index (χ4n) is 1.06. The predicted octanol–water partition coefficient (Wildman–Crippen LogP) is 2.07. The summed E-state index contributed by atoms with van der Waals surface area (Å²) in [7, 11) is 0. The highest BCUT2D eigenvalue weighted by Crippen LogP contribution is 2.22. The van der Waals surface area contributed by atoms with Crippen LogP contribution in [0.3, 0.4) is 0 Å². The van der Waals surface area contributed by atoms with Crippen molar-refractivity contribution in [3.8, 4) is 6.07 Å². The van der Waals surface area contributed by atoms with Crippen LogP contribution in [0.1, 0.15) is 35.0 Å². The summed E-state index contributed by atoms with van der Waals surface area (Å²) in [5.41, 5.74) is -0.986. The maximum Gasteiger partial charge on any atom is 0.356 e. The van der Waals surface area contributed by atoms with Gasteiger partial charge in [0, 0.05) is 11.8 Å². The van der Waals surface area contributed by atoms with E-state index in [9.17, 15) is 13.6 Å². The van der Waals surface area contributed by atoms with Crippen LogP contribution in [0.2, 0.25) is 0 Å². The van der Waals surface area contributed by atoms with Gasteiger partial charge in [0.15, 0.2) is 0 Å². The number of nitriles is 1. The lowest BCUT2D eigenvalue weighted by atomic mass is 10.1. The van der Waals surface area contributed by atoms with Gasteiger partial charge in [-0.2, -0.15) is 5.26 Å².